The molecule has 2 rings (SSSR count). The van der Waals surface area contributed by atoms with E-state index in [0.29, 0.717) is 12.3 Å². The highest BCUT2D eigenvalue weighted by Crippen LogP contribution is 2.45. The van der Waals surface area contributed by atoms with Crippen LogP contribution in [0.4, 0.5) is 5.69 Å². The molecular formula is C17H25NO. The third-order valence-electron chi connectivity index (χ3n) is 4.16. The van der Waals surface area contributed by atoms with Crippen LogP contribution in [-0.2, 0) is 4.79 Å². The number of nitrogens with zero attached hydrogens (tertiary/aromatic N) is 1. The SMILES string of the molecule is CCCC1CC(C)(C)N(C(=O)CC)c2ccccc21. The smallest absolute Gasteiger partial charge is 0.227 e. The number of amides is 1. The summed E-state index contributed by atoms with van der Waals surface area (Å²) in [5, 5.41) is 0. The zero-order chi connectivity index (χ0) is 14.0. The van der Waals surface area contributed by atoms with Gasteiger partial charge in [0.25, 0.3) is 0 Å². The second kappa shape index (κ2) is 5.36. The van der Waals surface area contributed by atoms with Gasteiger partial charge in [0.05, 0.1) is 0 Å². The molecule has 0 saturated heterocycles. The Morgan fingerprint density at radius 1 is 1.32 bits per heavy atom. The van der Waals surface area contributed by atoms with Crippen LogP contribution < -0.4 is 4.90 Å². The summed E-state index contributed by atoms with van der Waals surface area (Å²) in [5.74, 6) is 0.810. The van der Waals surface area contributed by atoms with Gasteiger partial charge in [-0.2, -0.15) is 0 Å². The maximum atomic E-state index is 12.3. The minimum absolute atomic E-state index is 0.0821. The molecule has 0 fully saturated rings. The summed E-state index contributed by atoms with van der Waals surface area (Å²) >= 11 is 0. The summed E-state index contributed by atoms with van der Waals surface area (Å²) in [7, 11) is 0. The summed E-state index contributed by atoms with van der Waals surface area (Å²) in [6.45, 7) is 8.57. The number of carbonyl (C=O) groups excluding carboxylic acids is 1. The zero-order valence-corrected chi connectivity index (χ0v) is 12.6. The van der Waals surface area contributed by atoms with Crippen LogP contribution in [0.3, 0.4) is 0 Å². The first-order valence-corrected chi connectivity index (χ1v) is 7.43. The van der Waals surface area contributed by atoms with Crippen molar-refractivity contribution in [3.63, 3.8) is 0 Å². The molecule has 0 radical (unpaired) electrons. The lowest BCUT2D eigenvalue weighted by Gasteiger charge is -2.46. The molecule has 1 atom stereocenters. The zero-order valence-electron chi connectivity index (χ0n) is 12.6. The highest BCUT2D eigenvalue weighted by molar-refractivity contribution is 5.96. The number of hydrogen-bond donors (Lipinski definition) is 0. The first-order valence-electron chi connectivity index (χ1n) is 7.43. The van der Waals surface area contributed by atoms with Gasteiger partial charge in [0.2, 0.25) is 5.91 Å². The van der Waals surface area contributed by atoms with Gasteiger partial charge in [0.15, 0.2) is 0 Å². The molecule has 1 aromatic carbocycles. The monoisotopic (exact) mass is 259 g/mol. The van der Waals surface area contributed by atoms with Crippen molar-refractivity contribution < 1.29 is 4.79 Å². The van der Waals surface area contributed by atoms with Crippen LogP contribution in [0.25, 0.3) is 0 Å². The van der Waals surface area contributed by atoms with Crippen molar-refractivity contribution in [2.24, 2.45) is 0 Å². The van der Waals surface area contributed by atoms with Crippen LogP contribution in [-0.4, -0.2) is 11.4 Å². The van der Waals surface area contributed by atoms with Crippen LogP contribution in [0.2, 0.25) is 0 Å². The third kappa shape index (κ3) is 2.54. The maximum Gasteiger partial charge on any atom is 0.227 e. The Labute approximate surface area is 116 Å². The Hall–Kier alpha value is -1.31. The fraction of sp³-hybridized carbons (Fsp3) is 0.588. The van der Waals surface area contributed by atoms with Crippen LogP contribution >= 0.6 is 0 Å². The second-order valence-electron chi connectivity index (χ2n) is 6.14. The normalized spacial score (nSPS) is 21.1. The van der Waals surface area contributed by atoms with Gasteiger partial charge >= 0.3 is 0 Å². The molecule has 104 valence electrons. The van der Waals surface area contributed by atoms with Crippen LogP contribution in [0.15, 0.2) is 24.3 Å². The average molecular weight is 259 g/mol. The quantitative estimate of drug-likeness (QED) is 0.783. The van der Waals surface area contributed by atoms with E-state index in [1.54, 1.807) is 0 Å². The Bertz CT molecular complexity index is 464. The minimum atomic E-state index is -0.0821. The van der Waals surface area contributed by atoms with E-state index in [0.717, 1.165) is 12.1 Å². The van der Waals surface area contributed by atoms with Crippen LogP contribution in [0.5, 0.6) is 0 Å². The number of fused-ring (bicyclic) bond motifs is 1. The van der Waals surface area contributed by atoms with E-state index in [1.807, 2.05) is 17.9 Å². The number of carbonyl (C=O) groups is 1. The van der Waals surface area contributed by atoms with Crippen LogP contribution in [0, 0.1) is 0 Å². The highest BCUT2D eigenvalue weighted by atomic mass is 16.2. The molecule has 1 aliphatic heterocycles. The van der Waals surface area contributed by atoms with Gasteiger partial charge in [-0.05, 0) is 44.2 Å². The molecule has 2 heteroatoms. The Morgan fingerprint density at radius 3 is 2.63 bits per heavy atom. The van der Waals surface area contributed by atoms with E-state index in [-0.39, 0.29) is 11.4 Å². The van der Waals surface area contributed by atoms with Crippen molar-refractivity contribution in [3.8, 4) is 0 Å². The fourth-order valence-corrected chi connectivity index (χ4v) is 3.40. The highest BCUT2D eigenvalue weighted by Gasteiger charge is 2.39. The lowest BCUT2D eigenvalue weighted by molar-refractivity contribution is -0.119. The molecule has 1 aliphatic rings. The molecule has 1 unspecified atom stereocenters. The summed E-state index contributed by atoms with van der Waals surface area (Å²) < 4.78 is 0. The van der Waals surface area contributed by atoms with Crippen molar-refractivity contribution in [1.29, 1.82) is 0 Å². The van der Waals surface area contributed by atoms with Gasteiger partial charge in [0.1, 0.15) is 0 Å². The standard InChI is InChI=1S/C17H25NO/c1-5-9-13-12-17(3,4)18(16(19)6-2)15-11-8-7-10-14(13)15/h7-8,10-11,13H,5-6,9,12H2,1-4H3. The van der Waals surface area contributed by atoms with Crippen molar-refractivity contribution >= 4 is 11.6 Å². The van der Waals surface area contributed by atoms with E-state index < -0.39 is 0 Å². The molecule has 0 N–H and O–H groups in total. The van der Waals surface area contributed by atoms with Crippen LogP contribution in [0.1, 0.15) is 64.9 Å². The number of rotatable bonds is 3. The molecule has 1 amide bonds. The van der Waals surface area contributed by atoms with Gasteiger partial charge in [-0.25, -0.2) is 0 Å². The molecule has 0 bridgehead atoms. The topological polar surface area (TPSA) is 20.3 Å². The van der Waals surface area contributed by atoms with Gasteiger partial charge in [-0.1, -0.05) is 38.5 Å². The van der Waals surface area contributed by atoms with E-state index in [2.05, 4.69) is 39.0 Å². The van der Waals surface area contributed by atoms with Gasteiger partial charge < -0.3 is 4.90 Å². The molecule has 1 heterocycles. The first kappa shape index (κ1) is 14.1. The molecule has 2 nitrogen and oxygen atoms in total. The molecule has 0 saturated carbocycles. The molecule has 1 aromatic rings. The summed E-state index contributed by atoms with van der Waals surface area (Å²) in [4.78, 5) is 14.4. The molecule has 19 heavy (non-hydrogen) atoms. The number of anilines is 1. The van der Waals surface area contributed by atoms with Gasteiger partial charge in [-0.3, -0.25) is 4.79 Å². The lowest BCUT2D eigenvalue weighted by atomic mass is 9.77. The first-order chi connectivity index (χ1) is 9.01. The Balaban J connectivity index is 2.50. The summed E-state index contributed by atoms with van der Waals surface area (Å²) in [6.07, 6.45) is 4.02. The number of benzene rings is 1. The molecule has 0 aliphatic carbocycles. The largest absolute Gasteiger partial charge is 0.307 e. The lowest BCUT2D eigenvalue weighted by Crippen LogP contribution is -2.51. The van der Waals surface area contributed by atoms with Crippen molar-refractivity contribution in [3.05, 3.63) is 29.8 Å². The number of hydrogen-bond acceptors (Lipinski definition) is 1. The molecule has 0 spiro atoms. The Kier molecular flexibility index (Phi) is 3.98. The van der Waals surface area contributed by atoms with E-state index in [1.165, 1.54) is 18.4 Å². The predicted molar refractivity (Wildman–Crippen MR) is 80.6 cm³/mol. The fourth-order valence-electron chi connectivity index (χ4n) is 3.40. The van der Waals surface area contributed by atoms with Crippen molar-refractivity contribution in [1.82, 2.24) is 0 Å². The summed E-state index contributed by atoms with van der Waals surface area (Å²) in [6, 6.07) is 8.43. The Morgan fingerprint density at radius 2 is 2.00 bits per heavy atom. The molecular weight excluding hydrogens is 234 g/mol. The summed E-state index contributed by atoms with van der Waals surface area (Å²) in [5.41, 5.74) is 2.40. The third-order valence-corrected chi connectivity index (χ3v) is 4.16. The van der Waals surface area contributed by atoms with Crippen molar-refractivity contribution in [2.75, 3.05) is 4.90 Å². The average Bonchev–Trinajstić information content (AvgIpc) is 2.37. The number of para-hydroxylation sites is 1. The maximum absolute atomic E-state index is 12.3. The molecule has 0 aromatic heterocycles. The minimum Gasteiger partial charge on any atom is -0.307 e. The van der Waals surface area contributed by atoms with E-state index in [9.17, 15) is 4.79 Å². The van der Waals surface area contributed by atoms with Crippen molar-refractivity contribution in [2.45, 2.75) is 64.8 Å². The van der Waals surface area contributed by atoms with E-state index in [4.69, 9.17) is 0 Å². The van der Waals surface area contributed by atoms with E-state index >= 15 is 0 Å². The second-order valence-corrected chi connectivity index (χ2v) is 6.14. The predicted octanol–water partition coefficient (Wildman–Crippen LogP) is 4.50. The van der Waals surface area contributed by atoms with Gasteiger partial charge in [-0.15, -0.1) is 0 Å². The van der Waals surface area contributed by atoms with Gasteiger partial charge in [0, 0.05) is 17.6 Å².